The van der Waals surface area contributed by atoms with Crippen LogP contribution < -0.4 is 5.32 Å². The van der Waals surface area contributed by atoms with Gasteiger partial charge in [-0.25, -0.2) is 13.4 Å². The van der Waals surface area contributed by atoms with Gasteiger partial charge in [0.25, 0.3) is 0 Å². The van der Waals surface area contributed by atoms with Gasteiger partial charge in [-0.1, -0.05) is 24.3 Å². The Hall–Kier alpha value is -1.99. The quantitative estimate of drug-likeness (QED) is 0.867. The topological polar surface area (TPSA) is 85.4 Å². The molecule has 0 radical (unpaired) electrons. The van der Waals surface area contributed by atoms with Crippen LogP contribution in [0.2, 0.25) is 0 Å². The number of carbonyl (C=O) groups excluding carboxylic acids is 1. The lowest BCUT2D eigenvalue weighted by atomic mass is 10.0. The SMILES string of the molecule is CC(C)(C(=O)Nc1cc2ccccc2cn1)S(=O)(=O)CC1CCOCC1. The van der Waals surface area contributed by atoms with Crippen LogP contribution in [-0.2, 0) is 19.4 Å². The highest BCUT2D eigenvalue weighted by atomic mass is 32.2. The van der Waals surface area contributed by atoms with Crippen LogP contribution in [0.4, 0.5) is 5.82 Å². The molecule has 0 bridgehead atoms. The number of nitrogens with zero attached hydrogens (tertiary/aromatic N) is 1. The predicted octanol–water partition coefficient (Wildman–Crippen LogP) is 2.79. The van der Waals surface area contributed by atoms with Crippen molar-refractivity contribution in [1.82, 2.24) is 4.98 Å². The summed E-state index contributed by atoms with van der Waals surface area (Å²) in [5.74, 6) is -0.169. The minimum absolute atomic E-state index is 0.00191. The largest absolute Gasteiger partial charge is 0.381 e. The number of hydrogen-bond acceptors (Lipinski definition) is 5. The number of anilines is 1. The van der Waals surface area contributed by atoms with Crippen molar-refractivity contribution in [3.8, 4) is 0 Å². The number of pyridine rings is 1. The van der Waals surface area contributed by atoms with Crippen molar-refractivity contribution in [2.75, 3.05) is 24.3 Å². The van der Waals surface area contributed by atoms with E-state index in [1.54, 1.807) is 12.3 Å². The molecular weight excluding hydrogens is 352 g/mol. The zero-order chi connectivity index (χ0) is 18.8. The Kier molecular flexibility index (Phi) is 5.29. The summed E-state index contributed by atoms with van der Waals surface area (Å²) in [5.41, 5.74) is 0. The van der Waals surface area contributed by atoms with Gasteiger partial charge in [-0.05, 0) is 44.1 Å². The average molecular weight is 376 g/mol. The minimum Gasteiger partial charge on any atom is -0.381 e. The molecule has 3 rings (SSSR count). The molecule has 2 heterocycles. The van der Waals surface area contributed by atoms with Gasteiger partial charge in [-0.2, -0.15) is 0 Å². The van der Waals surface area contributed by atoms with Gasteiger partial charge in [0, 0.05) is 24.8 Å². The summed E-state index contributed by atoms with van der Waals surface area (Å²) in [6.07, 6.45) is 3.08. The van der Waals surface area contributed by atoms with E-state index in [1.807, 2.05) is 24.3 Å². The van der Waals surface area contributed by atoms with Crippen molar-refractivity contribution >= 4 is 32.3 Å². The van der Waals surface area contributed by atoms with E-state index in [9.17, 15) is 13.2 Å². The number of rotatable bonds is 5. The second kappa shape index (κ2) is 7.32. The lowest BCUT2D eigenvalue weighted by molar-refractivity contribution is -0.117. The highest BCUT2D eigenvalue weighted by Crippen LogP contribution is 2.26. The molecule has 1 aliphatic rings. The molecule has 0 spiro atoms. The Labute approximate surface area is 153 Å². The van der Waals surface area contributed by atoms with E-state index in [0.29, 0.717) is 31.9 Å². The number of sulfone groups is 1. The monoisotopic (exact) mass is 376 g/mol. The fourth-order valence-electron chi connectivity index (χ4n) is 2.99. The molecule has 0 aliphatic carbocycles. The summed E-state index contributed by atoms with van der Waals surface area (Å²) in [6, 6.07) is 9.40. The van der Waals surface area contributed by atoms with Crippen molar-refractivity contribution in [2.24, 2.45) is 5.92 Å². The molecule has 1 saturated heterocycles. The number of fused-ring (bicyclic) bond motifs is 1. The van der Waals surface area contributed by atoms with E-state index in [4.69, 9.17) is 4.74 Å². The van der Waals surface area contributed by atoms with Gasteiger partial charge >= 0.3 is 0 Å². The minimum atomic E-state index is -3.62. The van der Waals surface area contributed by atoms with Crippen molar-refractivity contribution in [1.29, 1.82) is 0 Å². The van der Waals surface area contributed by atoms with Crippen molar-refractivity contribution < 1.29 is 17.9 Å². The maximum atomic E-state index is 12.8. The zero-order valence-corrected chi connectivity index (χ0v) is 15.9. The Bertz CT molecular complexity index is 903. The molecule has 140 valence electrons. The summed E-state index contributed by atoms with van der Waals surface area (Å²) in [7, 11) is -3.62. The van der Waals surface area contributed by atoms with E-state index >= 15 is 0 Å². The van der Waals surface area contributed by atoms with Crippen molar-refractivity contribution in [2.45, 2.75) is 31.4 Å². The van der Waals surface area contributed by atoms with E-state index in [2.05, 4.69) is 10.3 Å². The molecule has 1 fully saturated rings. The molecule has 0 saturated carbocycles. The maximum absolute atomic E-state index is 12.8. The van der Waals surface area contributed by atoms with Crippen LogP contribution >= 0.6 is 0 Å². The summed E-state index contributed by atoms with van der Waals surface area (Å²) in [4.78, 5) is 16.9. The smallest absolute Gasteiger partial charge is 0.246 e. The van der Waals surface area contributed by atoms with E-state index in [-0.39, 0.29) is 11.7 Å². The lowest BCUT2D eigenvalue weighted by Gasteiger charge is -2.28. The predicted molar refractivity (Wildman–Crippen MR) is 102 cm³/mol. The van der Waals surface area contributed by atoms with Crippen LogP contribution in [0.1, 0.15) is 26.7 Å². The third-order valence-corrected chi connectivity index (χ3v) is 7.64. The van der Waals surface area contributed by atoms with Crippen LogP contribution in [0.15, 0.2) is 36.5 Å². The standard InChI is InChI=1S/C19H24N2O4S/c1-19(2,26(23,24)13-14-7-9-25-10-8-14)18(22)21-17-11-15-5-3-4-6-16(15)12-20-17/h3-6,11-12,14H,7-10,13H2,1-2H3,(H,20,21,22). The number of ether oxygens (including phenoxy) is 1. The second-order valence-electron chi connectivity index (χ2n) is 7.22. The van der Waals surface area contributed by atoms with Gasteiger partial charge in [0.15, 0.2) is 9.84 Å². The molecule has 1 aliphatic heterocycles. The van der Waals surface area contributed by atoms with Crippen LogP contribution in [0, 0.1) is 5.92 Å². The molecule has 1 N–H and O–H groups in total. The molecule has 6 nitrogen and oxygen atoms in total. The molecular formula is C19H24N2O4S. The van der Waals surface area contributed by atoms with Gasteiger partial charge in [0.05, 0.1) is 5.75 Å². The highest BCUT2D eigenvalue weighted by Gasteiger charge is 2.43. The first-order valence-electron chi connectivity index (χ1n) is 8.76. The second-order valence-corrected chi connectivity index (χ2v) is 9.80. The third kappa shape index (κ3) is 3.88. The molecule has 7 heteroatoms. The van der Waals surface area contributed by atoms with Gasteiger partial charge < -0.3 is 10.1 Å². The number of aromatic nitrogens is 1. The van der Waals surface area contributed by atoms with E-state index in [0.717, 1.165) is 10.8 Å². The van der Waals surface area contributed by atoms with Crippen LogP contribution in [0.25, 0.3) is 10.8 Å². The van der Waals surface area contributed by atoms with Crippen molar-refractivity contribution in [3.63, 3.8) is 0 Å². The van der Waals surface area contributed by atoms with Gasteiger partial charge in [0.2, 0.25) is 5.91 Å². The zero-order valence-electron chi connectivity index (χ0n) is 15.1. The number of carbonyl (C=O) groups is 1. The first kappa shape index (κ1) is 18.8. The van der Waals surface area contributed by atoms with E-state index < -0.39 is 20.5 Å². The Morgan fingerprint density at radius 1 is 1.23 bits per heavy atom. The van der Waals surface area contributed by atoms with Gasteiger partial charge in [0.1, 0.15) is 10.6 Å². The molecule has 1 amide bonds. The number of amides is 1. The summed E-state index contributed by atoms with van der Waals surface area (Å²) >= 11 is 0. The first-order chi connectivity index (χ1) is 12.3. The maximum Gasteiger partial charge on any atom is 0.246 e. The lowest BCUT2D eigenvalue weighted by Crippen LogP contribution is -2.47. The number of benzene rings is 1. The summed E-state index contributed by atoms with van der Waals surface area (Å²) in [6.45, 7) is 4.07. The molecule has 2 aromatic rings. The molecule has 26 heavy (non-hydrogen) atoms. The fourth-order valence-corrected chi connectivity index (χ4v) is 4.70. The number of nitrogens with one attached hydrogen (secondary N) is 1. The summed E-state index contributed by atoms with van der Waals surface area (Å²) < 4.78 is 29.4. The number of hydrogen-bond donors (Lipinski definition) is 1. The van der Waals surface area contributed by atoms with Crippen LogP contribution in [0.5, 0.6) is 0 Å². The third-order valence-electron chi connectivity index (χ3n) is 4.99. The Balaban J connectivity index is 1.75. The molecule has 0 atom stereocenters. The molecule has 0 unspecified atom stereocenters. The molecule has 1 aromatic heterocycles. The van der Waals surface area contributed by atoms with Crippen molar-refractivity contribution in [3.05, 3.63) is 36.5 Å². The average Bonchev–Trinajstić information content (AvgIpc) is 2.62. The Morgan fingerprint density at radius 2 is 1.88 bits per heavy atom. The van der Waals surface area contributed by atoms with Crippen LogP contribution in [0.3, 0.4) is 0 Å². The van der Waals surface area contributed by atoms with Gasteiger partial charge in [-0.15, -0.1) is 0 Å². The fraction of sp³-hybridized carbons (Fsp3) is 0.474. The normalized spacial score (nSPS) is 16.5. The molecule has 1 aromatic carbocycles. The van der Waals surface area contributed by atoms with Crippen LogP contribution in [-0.4, -0.2) is 43.0 Å². The van der Waals surface area contributed by atoms with Gasteiger partial charge in [-0.3, -0.25) is 4.79 Å². The summed E-state index contributed by atoms with van der Waals surface area (Å²) in [5, 5.41) is 4.55. The Morgan fingerprint density at radius 3 is 2.58 bits per heavy atom. The highest BCUT2D eigenvalue weighted by molar-refractivity contribution is 7.93. The first-order valence-corrected chi connectivity index (χ1v) is 10.4. The van der Waals surface area contributed by atoms with E-state index in [1.165, 1.54) is 13.8 Å².